The Bertz CT molecular complexity index is 234. The molecule has 3 nitrogen and oxygen atoms in total. The molecular weight excluding hydrogens is 223 g/mol. The monoisotopic (exact) mass is 250 g/mol. The standard InChI is InChI=1S/C12H27O3P/c1-9(2)16(8,10(3)4,11(5)6)15-12(13)14-7/h9-11H,1-8H3. The van der Waals surface area contributed by atoms with E-state index in [1.807, 2.05) is 0 Å². The fourth-order valence-electron chi connectivity index (χ4n) is 2.35. The Morgan fingerprint density at radius 3 is 1.44 bits per heavy atom. The van der Waals surface area contributed by atoms with Gasteiger partial charge in [-0.3, -0.25) is 0 Å². The number of rotatable bonds is 4. The molecule has 0 aliphatic heterocycles. The van der Waals surface area contributed by atoms with Crippen LogP contribution >= 0.6 is 6.83 Å². The van der Waals surface area contributed by atoms with E-state index in [4.69, 9.17) is 9.26 Å². The van der Waals surface area contributed by atoms with Gasteiger partial charge in [-0.1, -0.05) is 0 Å². The maximum atomic E-state index is 11.5. The van der Waals surface area contributed by atoms with Crippen molar-refractivity contribution in [1.82, 2.24) is 0 Å². The second-order valence-electron chi connectivity index (χ2n) is 5.55. The van der Waals surface area contributed by atoms with Gasteiger partial charge in [-0.25, -0.2) is 0 Å². The Hall–Kier alpha value is -0.300. The molecule has 0 rings (SSSR count). The molecular formula is C12H27O3P. The van der Waals surface area contributed by atoms with Gasteiger partial charge in [-0.05, 0) is 0 Å². The van der Waals surface area contributed by atoms with Gasteiger partial charge in [0.05, 0.1) is 0 Å². The van der Waals surface area contributed by atoms with Gasteiger partial charge in [0.1, 0.15) is 0 Å². The van der Waals surface area contributed by atoms with Gasteiger partial charge in [-0.2, -0.15) is 0 Å². The summed E-state index contributed by atoms with van der Waals surface area (Å²) >= 11 is 0. The predicted octanol–water partition coefficient (Wildman–Crippen LogP) is 4.09. The Balaban J connectivity index is 5.55. The summed E-state index contributed by atoms with van der Waals surface area (Å²) in [6.45, 7) is 12.4. The van der Waals surface area contributed by atoms with Gasteiger partial charge in [0, 0.05) is 0 Å². The van der Waals surface area contributed by atoms with E-state index < -0.39 is 13.0 Å². The van der Waals surface area contributed by atoms with Crippen LogP contribution in [0.1, 0.15) is 41.5 Å². The molecule has 0 bridgehead atoms. The minimum atomic E-state index is -2.57. The van der Waals surface area contributed by atoms with Gasteiger partial charge in [0.25, 0.3) is 0 Å². The third kappa shape index (κ3) is 2.20. The molecule has 0 unspecified atom stereocenters. The zero-order valence-electron chi connectivity index (χ0n) is 11.9. The van der Waals surface area contributed by atoms with Crippen LogP contribution in [0.5, 0.6) is 0 Å². The van der Waals surface area contributed by atoms with Gasteiger partial charge in [-0.15, -0.1) is 0 Å². The first-order chi connectivity index (χ1) is 7.10. The minimum absolute atomic E-state index is 0.338. The number of ether oxygens (including phenoxy) is 1. The van der Waals surface area contributed by atoms with Crippen LogP contribution < -0.4 is 0 Å². The summed E-state index contributed by atoms with van der Waals surface area (Å²) in [6, 6.07) is 0. The van der Waals surface area contributed by atoms with Crippen molar-refractivity contribution in [3.05, 3.63) is 0 Å². The normalized spacial score (nSPS) is 15.1. The second-order valence-corrected chi connectivity index (χ2v) is 12.3. The van der Waals surface area contributed by atoms with Gasteiger partial charge < -0.3 is 0 Å². The van der Waals surface area contributed by atoms with E-state index in [9.17, 15) is 4.79 Å². The number of carbonyl (C=O) groups is 1. The van der Waals surface area contributed by atoms with Crippen LogP contribution in [0.3, 0.4) is 0 Å². The molecule has 0 aliphatic carbocycles. The van der Waals surface area contributed by atoms with E-state index in [1.165, 1.54) is 7.11 Å². The van der Waals surface area contributed by atoms with Crippen molar-refractivity contribution in [2.24, 2.45) is 0 Å². The topological polar surface area (TPSA) is 35.5 Å². The summed E-state index contributed by atoms with van der Waals surface area (Å²) in [5, 5.41) is 0. The molecule has 98 valence electrons. The van der Waals surface area contributed by atoms with Crippen LogP contribution in [0.2, 0.25) is 0 Å². The Kier molecular flexibility index (Phi) is 4.82. The molecule has 0 fully saturated rings. The van der Waals surface area contributed by atoms with Crippen molar-refractivity contribution in [1.29, 1.82) is 0 Å². The maximum absolute atomic E-state index is 11.5. The average molecular weight is 250 g/mol. The summed E-state index contributed by atoms with van der Waals surface area (Å²) in [5.74, 6) is 0. The van der Waals surface area contributed by atoms with Crippen molar-refractivity contribution >= 4 is 13.0 Å². The summed E-state index contributed by atoms with van der Waals surface area (Å²) in [7, 11) is 1.37. The van der Waals surface area contributed by atoms with Crippen molar-refractivity contribution in [3.63, 3.8) is 0 Å². The van der Waals surface area contributed by atoms with Gasteiger partial charge >= 0.3 is 99.3 Å². The van der Waals surface area contributed by atoms with Crippen LogP contribution in [0, 0.1) is 0 Å². The van der Waals surface area contributed by atoms with Crippen molar-refractivity contribution in [2.75, 3.05) is 13.8 Å². The third-order valence-corrected chi connectivity index (χ3v) is 13.0. The number of methoxy groups -OCH3 is 1. The van der Waals surface area contributed by atoms with E-state index in [0.717, 1.165) is 0 Å². The quantitative estimate of drug-likeness (QED) is 0.556. The van der Waals surface area contributed by atoms with E-state index in [-0.39, 0.29) is 0 Å². The molecule has 0 heterocycles. The molecule has 0 saturated heterocycles. The first-order valence-electron chi connectivity index (χ1n) is 5.89. The first kappa shape index (κ1) is 15.7. The third-order valence-electron chi connectivity index (χ3n) is 4.46. The molecule has 0 aromatic heterocycles. The molecule has 0 aliphatic rings. The molecule has 0 N–H and O–H groups in total. The summed E-state index contributed by atoms with van der Waals surface area (Å²) in [4.78, 5) is 11.5. The van der Waals surface area contributed by atoms with E-state index >= 15 is 0 Å². The Morgan fingerprint density at radius 1 is 0.938 bits per heavy atom. The Morgan fingerprint density at radius 2 is 1.25 bits per heavy atom. The molecule has 0 aromatic rings. The number of hydrogen-bond acceptors (Lipinski definition) is 3. The zero-order valence-corrected chi connectivity index (χ0v) is 12.8. The Labute approximate surface area is 99.9 Å². The molecule has 4 heteroatoms. The molecule has 0 saturated carbocycles. The fraction of sp³-hybridized carbons (Fsp3) is 0.917. The van der Waals surface area contributed by atoms with Gasteiger partial charge in [0.2, 0.25) is 0 Å². The van der Waals surface area contributed by atoms with Crippen LogP contribution in [0.15, 0.2) is 0 Å². The SMILES string of the molecule is COC(=O)OP(C)(C(C)C)(C(C)C)C(C)C. The van der Waals surface area contributed by atoms with E-state index in [1.54, 1.807) is 0 Å². The zero-order chi connectivity index (χ0) is 13.2. The molecule has 0 amide bonds. The number of carbonyl (C=O) groups excluding carboxylic acids is 1. The van der Waals surface area contributed by atoms with Crippen LogP contribution in [-0.4, -0.2) is 36.9 Å². The average Bonchev–Trinajstić information content (AvgIpc) is 2.16. The molecule has 0 radical (unpaired) electrons. The van der Waals surface area contributed by atoms with E-state index in [2.05, 4.69) is 48.2 Å². The number of hydrogen-bond donors (Lipinski definition) is 0. The van der Waals surface area contributed by atoms with Crippen molar-refractivity contribution in [3.8, 4) is 0 Å². The first-order valence-corrected chi connectivity index (χ1v) is 8.70. The molecule has 0 spiro atoms. The van der Waals surface area contributed by atoms with Crippen LogP contribution in [0.4, 0.5) is 4.79 Å². The summed E-state index contributed by atoms with van der Waals surface area (Å²) in [5.41, 5.74) is 1.01. The fourth-order valence-corrected chi connectivity index (χ4v) is 7.04. The second kappa shape index (κ2) is 4.91. The summed E-state index contributed by atoms with van der Waals surface area (Å²) in [6.07, 6.45) is -0.545. The predicted molar refractivity (Wildman–Crippen MR) is 71.7 cm³/mol. The molecule has 0 aromatic carbocycles. The van der Waals surface area contributed by atoms with Gasteiger partial charge in [0.15, 0.2) is 0 Å². The molecule has 0 atom stereocenters. The molecule has 16 heavy (non-hydrogen) atoms. The van der Waals surface area contributed by atoms with Crippen molar-refractivity contribution in [2.45, 2.75) is 58.5 Å². The van der Waals surface area contributed by atoms with Crippen LogP contribution in [-0.2, 0) is 9.26 Å². The van der Waals surface area contributed by atoms with Crippen LogP contribution in [0.25, 0.3) is 0 Å². The van der Waals surface area contributed by atoms with Crippen molar-refractivity contribution < 1.29 is 14.1 Å². The summed E-state index contributed by atoms with van der Waals surface area (Å²) < 4.78 is 10.5. The van der Waals surface area contributed by atoms with E-state index in [0.29, 0.717) is 17.0 Å².